The fourth-order valence-electron chi connectivity index (χ4n) is 4.54. The molecular weight excluding hydrogens is 543 g/mol. The largest absolute Gasteiger partial charge is 0.493 e. The highest BCUT2D eigenvalue weighted by molar-refractivity contribution is 8.00. The van der Waals surface area contributed by atoms with Crippen LogP contribution < -0.4 is 14.8 Å². The fourth-order valence-corrected chi connectivity index (χ4v) is 7.78. The summed E-state index contributed by atoms with van der Waals surface area (Å²) in [6, 6.07) is 5.42. The maximum absolute atomic E-state index is 13.1. The third-order valence-corrected chi connectivity index (χ3v) is 9.26. The van der Waals surface area contributed by atoms with Crippen molar-refractivity contribution in [3.05, 3.63) is 45.4 Å². The van der Waals surface area contributed by atoms with Crippen LogP contribution in [0.5, 0.6) is 11.5 Å². The smallest absolute Gasteiger partial charge is 0.341 e. The number of rotatable bonds is 9. The van der Waals surface area contributed by atoms with E-state index in [4.69, 9.17) is 14.2 Å². The van der Waals surface area contributed by atoms with Gasteiger partial charge in [0.2, 0.25) is 5.91 Å². The molecule has 1 N–H and O–H groups in total. The number of amides is 1. The molecule has 0 fully saturated rings. The third-order valence-electron chi connectivity index (χ3n) is 6.20. The second-order valence-corrected chi connectivity index (χ2v) is 11.5. The van der Waals surface area contributed by atoms with Gasteiger partial charge in [0.05, 0.1) is 26.6 Å². The van der Waals surface area contributed by atoms with Gasteiger partial charge < -0.3 is 19.5 Å². The summed E-state index contributed by atoms with van der Waals surface area (Å²) in [7, 11) is 3.12. The minimum absolute atomic E-state index is 0.155. The molecular formula is C27H27N3O5S3. The third kappa shape index (κ3) is 5.10. The Morgan fingerprint density at radius 2 is 1.95 bits per heavy atom. The van der Waals surface area contributed by atoms with Crippen molar-refractivity contribution in [3.8, 4) is 22.6 Å². The number of ether oxygens (including phenoxy) is 3. The van der Waals surface area contributed by atoms with Crippen LogP contribution in [-0.4, -0.2) is 48.4 Å². The maximum Gasteiger partial charge on any atom is 0.341 e. The Balaban J connectivity index is 1.40. The fraction of sp³-hybridized carbons (Fsp3) is 0.333. The van der Waals surface area contributed by atoms with Crippen molar-refractivity contribution in [1.29, 1.82) is 0 Å². The maximum atomic E-state index is 13.1. The molecule has 5 rings (SSSR count). The highest BCUT2D eigenvalue weighted by Crippen LogP contribution is 2.42. The Morgan fingerprint density at radius 1 is 1.13 bits per heavy atom. The molecule has 4 aromatic rings. The van der Waals surface area contributed by atoms with E-state index in [1.54, 1.807) is 44.6 Å². The van der Waals surface area contributed by atoms with E-state index in [9.17, 15) is 9.59 Å². The normalized spacial score (nSPS) is 12.4. The molecule has 0 aliphatic heterocycles. The number of hydrogen-bond acceptors (Lipinski definition) is 10. The van der Waals surface area contributed by atoms with E-state index in [2.05, 4.69) is 15.3 Å². The highest BCUT2D eigenvalue weighted by Gasteiger charge is 2.25. The van der Waals surface area contributed by atoms with Gasteiger partial charge in [0.1, 0.15) is 26.2 Å². The van der Waals surface area contributed by atoms with Crippen molar-refractivity contribution in [1.82, 2.24) is 9.97 Å². The standard InChI is InChI=1S/C27H27N3O5S3/c1-5-35-27(32)23-17(15-9-10-18(33-3)19(11-15)34-4)12-36-25(23)30-21(31)13-37-24-22-16-7-6-8-20(16)38-26(22)29-14(2)28-24/h9-12H,5-8,13H2,1-4H3,(H,30,31). The number of thioether (sulfide) groups is 1. The lowest BCUT2D eigenvalue weighted by atomic mass is 10.0. The van der Waals surface area contributed by atoms with Crippen molar-refractivity contribution >= 4 is 61.5 Å². The first kappa shape index (κ1) is 26.5. The summed E-state index contributed by atoms with van der Waals surface area (Å²) in [4.78, 5) is 37.7. The van der Waals surface area contributed by atoms with E-state index in [1.165, 1.54) is 33.5 Å². The van der Waals surface area contributed by atoms with E-state index < -0.39 is 5.97 Å². The first-order valence-corrected chi connectivity index (χ1v) is 14.8. The van der Waals surface area contributed by atoms with Crippen LogP contribution in [0.4, 0.5) is 5.00 Å². The number of fused-ring (bicyclic) bond motifs is 3. The first-order valence-electron chi connectivity index (χ1n) is 12.2. The van der Waals surface area contributed by atoms with Gasteiger partial charge in [0.25, 0.3) is 0 Å². The number of benzene rings is 1. The number of nitrogens with one attached hydrogen (secondary N) is 1. The van der Waals surface area contributed by atoms with Crippen molar-refractivity contribution in [2.75, 3.05) is 31.9 Å². The lowest BCUT2D eigenvalue weighted by molar-refractivity contribution is -0.113. The summed E-state index contributed by atoms with van der Waals surface area (Å²) in [5.74, 6) is 1.25. The summed E-state index contributed by atoms with van der Waals surface area (Å²) in [5.41, 5.74) is 3.05. The number of esters is 1. The Kier molecular flexibility index (Phi) is 7.87. The molecule has 8 nitrogen and oxygen atoms in total. The zero-order chi connectivity index (χ0) is 26.8. The summed E-state index contributed by atoms with van der Waals surface area (Å²) in [5, 5.41) is 7.14. The first-order chi connectivity index (χ1) is 18.4. The molecule has 0 saturated heterocycles. The second kappa shape index (κ2) is 11.3. The molecule has 0 bridgehead atoms. The zero-order valence-electron chi connectivity index (χ0n) is 21.5. The van der Waals surface area contributed by atoms with Crippen LogP contribution in [-0.2, 0) is 22.4 Å². The molecule has 1 amide bonds. The van der Waals surface area contributed by atoms with Gasteiger partial charge in [0.15, 0.2) is 11.5 Å². The van der Waals surface area contributed by atoms with Crippen LogP contribution in [0.2, 0.25) is 0 Å². The van der Waals surface area contributed by atoms with Gasteiger partial charge in [-0.05, 0) is 56.4 Å². The molecule has 0 spiro atoms. The highest BCUT2D eigenvalue weighted by atomic mass is 32.2. The van der Waals surface area contributed by atoms with E-state index in [-0.39, 0.29) is 18.3 Å². The molecule has 0 unspecified atom stereocenters. The van der Waals surface area contributed by atoms with Gasteiger partial charge in [-0.3, -0.25) is 4.79 Å². The molecule has 0 radical (unpaired) electrons. The number of aromatic nitrogens is 2. The van der Waals surface area contributed by atoms with Crippen molar-refractivity contribution in [2.24, 2.45) is 0 Å². The Bertz CT molecular complexity index is 1530. The van der Waals surface area contributed by atoms with Gasteiger partial charge in [-0.25, -0.2) is 14.8 Å². The average molecular weight is 570 g/mol. The minimum Gasteiger partial charge on any atom is -0.493 e. The molecule has 1 aliphatic carbocycles. The monoisotopic (exact) mass is 569 g/mol. The number of aryl methyl sites for hydroxylation is 3. The number of hydrogen-bond donors (Lipinski definition) is 1. The molecule has 1 aliphatic rings. The van der Waals surface area contributed by atoms with Crippen molar-refractivity contribution in [2.45, 2.75) is 38.1 Å². The van der Waals surface area contributed by atoms with Crippen LogP contribution >= 0.6 is 34.4 Å². The summed E-state index contributed by atoms with van der Waals surface area (Å²) in [6.07, 6.45) is 3.25. The topological polar surface area (TPSA) is 99.6 Å². The molecule has 3 aromatic heterocycles. The quantitative estimate of drug-likeness (QED) is 0.146. The van der Waals surface area contributed by atoms with Crippen LogP contribution in [0.15, 0.2) is 28.6 Å². The zero-order valence-corrected chi connectivity index (χ0v) is 24.0. The summed E-state index contributed by atoms with van der Waals surface area (Å²) in [6.45, 7) is 3.85. The van der Waals surface area contributed by atoms with E-state index >= 15 is 0 Å². The minimum atomic E-state index is -0.497. The van der Waals surface area contributed by atoms with Crippen molar-refractivity contribution in [3.63, 3.8) is 0 Å². The van der Waals surface area contributed by atoms with Crippen LogP contribution in [0.1, 0.15) is 40.0 Å². The van der Waals surface area contributed by atoms with Crippen molar-refractivity contribution < 1.29 is 23.8 Å². The summed E-state index contributed by atoms with van der Waals surface area (Å²) >= 11 is 4.42. The molecule has 0 saturated carbocycles. The predicted octanol–water partition coefficient (Wildman–Crippen LogP) is 6.14. The van der Waals surface area contributed by atoms with Gasteiger partial charge in [-0.2, -0.15) is 0 Å². The SMILES string of the molecule is CCOC(=O)c1c(-c2ccc(OC)c(OC)c2)csc1NC(=O)CSc1nc(C)nc2sc3c(c12)CCC3. The van der Waals surface area contributed by atoms with E-state index in [0.717, 1.165) is 40.1 Å². The van der Waals surface area contributed by atoms with Crippen LogP contribution in [0.3, 0.4) is 0 Å². The number of anilines is 1. The van der Waals surface area contributed by atoms with Crippen LogP contribution in [0, 0.1) is 6.92 Å². The second-order valence-electron chi connectivity index (χ2n) is 8.59. The van der Waals surface area contributed by atoms with E-state index in [0.29, 0.717) is 33.5 Å². The molecule has 0 atom stereocenters. The number of carbonyl (C=O) groups excluding carboxylic acids is 2. The van der Waals surface area contributed by atoms with Gasteiger partial charge in [-0.1, -0.05) is 17.8 Å². The lowest BCUT2D eigenvalue weighted by Crippen LogP contribution is -2.16. The van der Waals surface area contributed by atoms with Gasteiger partial charge in [-0.15, -0.1) is 22.7 Å². The lowest BCUT2D eigenvalue weighted by Gasteiger charge is -2.11. The van der Waals surface area contributed by atoms with Crippen LogP contribution in [0.25, 0.3) is 21.3 Å². The van der Waals surface area contributed by atoms with E-state index in [1.807, 2.05) is 18.4 Å². The Morgan fingerprint density at radius 3 is 2.71 bits per heavy atom. The number of nitrogens with zero attached hydrogens (tertiary/aromatic N) is 2. The molecule has 1 aromatic carbocycles. The number of methoxy groups -OCH3 is 2. The van der Waals surface area contributed by atoms with Gasteiger partial charge in [0, 0.05) is 21.2 Å². The molecule has 11 heteroatoms. The number of thiophene rings is 2. The molecule has 3 heterocycles. The Labute approximate surface area is 232 Å². The Hall–Kier alpha value is -3.15. The van der Waals surface area contributed by atoms with Gasteiger partial charge >= 0.3 is 5.97 Å². The average Bonchev–Trinajstić information content (AvgIpc) is 3.61. The number of carbonyl (C=O) groups is 2. The molecule has 198 valence electrons. The molecule has 38 heavy (non-hydrogen) atoms. The summed E-state index contributed by atoms with van der Waals surface area (Å²) < 4.78 is 16.1. The predicted molar refractivity (Wildman–Crippen MR) is 152 cm³/mol.